The molecular formula is C27H27N3O3S. The monoisotopic (exact) mass is 473 g/mol. The maximum absolute atomic E-state index is 11.1. The highest BCUT2D eigenvalue weighted by Crippen LogP contribution is 2.30. The molecule has 0 saturated carbocycles. The summed E-state index contributed by atoms with van der Waals surface area (Å²) in [6, 6.07) is 19.1. The van der Waals surface area contributed by atoms with Crippen LogP contribution in [0.4, 0.5) is 11.5 Å². The maximum Gasteiger partial charge on any atom is 0.335 e. The third kappa shape index (κ3) is 5.43. The molecule has 2 heterocycles. The summed E-state index contributed by atoms with van der Waals surface area (Å²) in [7, 11) is 1.68. The highest BCUT2D eigenvalue weighted by atomic mass is 32.1. The zero-order valence-corrected chi connectivity index (χ0v) is 20.3. The second kappa shape index (κ2) is 10.5. The van der Waals surface area contributed by atoms with Crippen molar-refractivity contribution >= 4 is 28.8 Å². The molecule has 0 atom stereocenters. The van der Waals surface area contributed by atoms with E-state index < -0.39 is 5.97 Å². The highest BCUT2D eigenvalue weighted by Gasteiger charge is 2.14. The molecule has 6 nitrogen and oxygen atoms in total. The molecule has 0 aliphatic heterocycles. The van der Waals surface area contributed by atoms with E-state index in [-0.39, 0.29) is 5.56 Å². The Labute approximate surface area is 203 Å². The molecule has 4 aromatic rings. The van der Waals surface area contributed by atoms with E-state index in [0.717, 1.165) is 52.7 Å². The number of hydrogen-bond donors (Lipinski definition) is 2. The van der Waals surface area contributed by atoms with Crippen molar-refractivity contribution in [3.63, 3.8) is 0 Å². The van der Waals surface area contributed by atoms with Crippen molar-refractivity contribution in [1.82, 2.24) is 9.97 Å². The van der Waals surface area contributed by atoms with Gasteiger partial charge in [-0.25, -0.2) is 14.8 Å². The minimum atomic E-state index is -0.943. The number of aromatic nitrogens is 2. The standard InChI is InChI=1S/C27H27N3O3S/c1-4-23-17(2)28-26(30-25(23)29-20-10-8-19(9-11-20)27(31)32)24-16-15-22(34-24)14-7-18-5-12-21(33-3)13-6-18/h5-6,8-13,15-16H,4,7,14H2,1-3H3,(H,31,32)(H,28,29,30). The minimum absolute atomic E-state index is 0.251. The molecule has 2 N–H and O–H groups in total. The van der Waals surface area contributed by atoms with Crippen LogP contribution in [0.5, 0.6) is 5.75 Å². The van der Waals surface area contributed by atoms with Gasteiger partial charge in [-0.3, -0.25) is 0 Å². The SMILES string of the molecule is CCc1c(C)nc(-c2ccc(CCc3ccc(OC)cc3)s2)nc1Nc1ccc(C(=O)O)cc1. The molecule has 0 spiro atoms. The van der Waals surface area contributed by atoms with Gasteiger partial charge in [0, 0.05) is 21.8 Å². The van der Waals surface area contributed by atoms with Gasteiger partial charge in [0.2, 0.25) is 0 Å². The molecule has 0 aliphatic rings. The van der Waals surface area contributed by atoms with Crippen molar-refractivity contribution in [3.05, 3.63) is 87.9 Å². The number of aryl methyl sites for hydroxylation is 3. The molecule has 0 fully saturated rings. The molecule has 0 saturated heterocycles. The Morgan fingerprint density at radius 1 is 1.00 bits per heavy atom. The lowest BCUT2D eigenvalue weighted by molar-refractivity contribution is 0.0697. The van der Waals surface area contributed by atoms with Gasteiger partial charge in [0.05, 0.1) is 17.6 Å². The van der Waals surface area contributed by atoms with E-state index in [4.69, 9.17) is 19.8 Å². The van der Waals surface area contributed by atoms with Crippen LogP contribution < -0.4 is 10.1 Å². The van der Waals surface area contributed by atoms with Crippen molar-refractivity contribution in [1.29, 1.82) is 0 Å². The first kappa shape index (κ1) is 23.4. The summed E-state index contributed by atoms with van der Waals surface area (Å²) in [6.45, 7) is 4.08. The molecule has 34 heavy (non-hydrogen) atoms. The normalized spacial score (nSPS) is 10.8. The number of carbonyl (C=O) groups is 1. The first-order chi connectivity index (χ1) is 16.5. The second-order valence-electron chi connectivity index (χ2n) is 7.93. The van der Waals surface area contributed by atoms with Gasteiger partial charge in [0.25, 0.3) is 0 Å². The number of hydrogen-bond acceptors (Lipinski definition) is 6. The smallest absolute Gasteiger partial charge is 0.335 e. The summed E-state index contributed by atoms with van der Waals surface area (Å²) in [5.41, 5.74) is 4.29. The number of ether oxygens (including phenoxy) is 1. The number of carboxylic acids is 1. The molecule has 0 radical (unpaired) electrons. The van der Waals surface area contributed by atoms with Crippen LogP contribution in [0.15, 0.2) is 60.7 Å². The van der Waals surface area contributed by atoms with Gasteiger partial charge < -0.3 is 15.2 Å². The van der Waals surface area contributed by atoms with Gasteiger partial charge in [0.15, 0.2) is 5.82 Å². The summed E-state index contributed by atoms with van der Waals surface area (Å²) in [6.07, 6.45) is 2.70. The maximum atomic E-state index is 11.1. The molecule has 0 unspecified atom stereocenters. The van der Waals surface area contributed by atoms with Crippen LogP contribution >= 0.6 is 11.3 Å². The lowest BCUT2D eigenvalue weighted by atomic mass is 10.1. The topological polar surface area (TPSA) is 84.3 Å². The first-order valence-corrected chi connectivity index (χ1v) is 12.0. The molecule has 174 valence electrons. The van der Waals surface area contributed by atoms with Gasteiger partial charge in [-0.05, 0) is 80.3 Å². The van der Waals surface area contributed by atoms with E-state index in [1.807, 2.05) is 19.1 Å². The fourth-order valence-corrected chi connectivity index (χ4v) is 4.70. The lowest BCUT2D eigenvalue weighted by Gasteiger charge is -2.13. The van der Waals surface area contributed by atoms with E-state index in [0.29, 0.717) is 5.82 Å². The quantitative estimate of drug-likeness (QED) is 0.296. The second-order valence-corrected chi connectivity index (χ2v) is 9.10. The summed E-state index contributed by atoms with van der Waals surface area (Å²) < 4.78 is 5.23. The Bertz CT molecular complexity index is 1280. The van der Waals surface area contributed by atoms with Crippen molar-refractivity contribution in [2.75, 3.05) is 12.4 Å². The number of anilines is 2. The number of methoxy groups -OCH3 is 1. The fraction of sp³-hybridized carbons (Fsp3) is 0.222. The number of aromatic carboxylic acids is 1. The Hall–Kier alpha value is -3.71. The predicted molar refractivity (Wildman–Crippen MR) is 137 cm³/mol. The van der Waals surface area contributed by atoms with E-state index in [2.05, 4.69) is 36.5 Å². The number of nitrogens with zero attached hydrogens (tertiary/aromatic N) is 2. The number of rotatable bonds is 9. The Kier molecular flexibility index (Phi) is 7.23. The van der Waals surface area contributed by atoms with Crippen LogP contribution in [0.1, 0.15) is 39.0 Å². The van der Waals surface area contributed by atoms with E-state index in [1.54, 1.807) is 42.7 Å². The van der Waals surface area contributed by atoms with Crippen molar-refractivity contribution in [2.45, 2.75) is 33.1 Å². The van der Waals surface area contributed by atoms with E-state index in [1.165, 1.54) is 10.4 Å². The molecule has 2 aromatic carbocycles. The van der Waals surface area contributed by atoms with Gasteiger partial charge in [-0.2, -0.15) is 0 Å². The fourth-order valence-electron chi connectivity index (χ4n) is 3.76. The van der Waals surface area contributed by atoms with Gasteiger partial charge in [0.1, 0.15) is 11.6 Å². The molecular weight excluding hydrogens is 446 g/mol. The Morgan fingerprint density at radius 3 is 2.38 bits per heavy atom. The lowest BCUT2D eigenvalue weighted by Crippen LogP contribution is -2.05. The van der Waals surface area contributed by atoms with E-state index in [9.17, 15) is 4.79 Å². The van der Waals surface area contributed by atoms with Gasteiger partial charge in [-0.1, -0.05) is 19.1 Å². The van der Waals surface area contributed by atoms with E-state index >= 15 is 0 Å². The van der Waals surface area contributed by atoms with Gasteiger partial charge in [-0.15, -0.1) is 11.3 Å². The third-order valence-corrected chi connectivity index (χ3v) is 6.80. The molecule has 2 aromatic heterocycles. The van der Waals surface area contributed by atoms with Crippen LogP contribution in [-0.4, -0.2) is 28.2 Å². The largest absolute Gasteiger partial charge is 0.497 e. The Balaban J connectivity index is 1.53. The van der Waals surface area contributed by atoms with Crippen LogP contribution in [-0.2, 0) is 19.3 Å². The Morgan fingerprint density at radius 2 is 1.74 bits per heavy atom. The molecule has 4 rings (SSSR count). The van der Waals surface area contributed by atoms with Gasteiger partial charge >= 0.3 is 5.97 Å². The third-order valence-electron chi connectivity index (χ3n) is 5.66. The summed E-state index contributed by atoms with van der Waals surface area (Å²) in [5, 5.41) is 12.5. The van der Waals surface area contributed by atoms with Crippen molar-refractivity contribution in [2.24, 2.45) is 0 Å². The minimum Gasteiger partial charge on any atom is -0.497 e. The number of nitrogens with one attached hydrogen (secondary N) is 1. The molecule has 0 aliphatic carbocycles. The summed E-state index contributed by atoms with van der Waals surface area (Å²) in [4.78, 5) is 23.0. The predicted octanol–water partition coefficient (Wildman–Crippen LogP) is 6.31. The average molecular weight is 474 g/mol. The molecule has 0 bridgehead atoms. The van der Waals surface area contributed by atoms with Crippen LogP contribution in [0.2, 0.25) is 0 Å². The zero-order valence-electron chi connectivity index (χ0n) is 19.5. The summed E-state index contributed by atoms with van der Waals surface area (Å²) >= 11 is 1.71. The zero-order chi connectivity index (χ0) is 24.1. The average Bonchev–Trinajstić information content (AvgIpc) is 3.32. The van der Waals surface area contributed by atoms with Crippen LogP contribution in [0.3, 0.4) is 0 Å². The van der Waals surface area contributed by atoms with Crippen molar-refractivity contribution in [3.8, 4) is 16.5 Å². The molecule has 0 amide bonds. The number of thiophene rings is 1. The number of benzene rings is 2. The van der Waals surface area contributed by atoms with Crippen LogP contribution in [0, 0.1) is 6.92 Å². The number of carboxylic acid groups (broad SMARTS) is 1. The summed E-state index contributed by atoms with van der Waals surface area (Å²) in [5.74, 6) is 1.37. The van der Waals surface area contributed by atoms with Crippen LogP contribution in [0.25, 0.3) is 10.7 Å². The first-order valence-electron chi connectivity index (χ1n) is 11.2. The van der Waals surface area contributed by atoms with Crippen molar-refractivity contribution < 1.29 is 14.6 Å². The highest BCUT2D eigenvalue weighted by molar-refractivity contribution is 7.15. The molecule has 7 heteroatoms.